The second-order valence-corrected chi connectivity index (χ2v) is 10.1. The highest BCUT2D eigenvalue weighted by molar-refractivity contribution is 8.14. The highest BCUT2D eigenvalue weighted by Gasteiger charge is 2.58. The van der Waals surface area contributed by atoms with Crippen LogP contribution in [-0.4, -0.2) is 45.8 Å². The Labute approximate surface area is 143 Å². The maximum absolute atomic E-state index is 12.4. The number of nitrogens with one attached hydrogen (secondary N) is 1. The standard InChI is InChI=1S/C18H28N2O2S/c1-13(21)23-18-9-14-6-15(10-18)8-17(7-14,12-18)19-11-16(22)20-4-2-3-5-20/h14-15,19H,2-12H2,1H3. The molecule has 5 heteroatoms. The highest BCUT2D eigenvalue weighted by Crippen LogP contribution is 2.62. The summed E-state index contributed by atoms with van der Waals surface area (Å²) in [4.78, 5) is 26.2. The Morgan fingerprint density at radius 3 is 2.39 bits per heavy atom. The maximum Gasteiger partial charge on any atom is 0.236 e. The van der Waals surface area contributed by atoms with Crippen LogP contribution in [0, 0.1) is 11.8 Å². The van der Waals surface area contributed by atoms with Crippen LogP contribution in [0.2, 0.25) is 0 Å². The van der Waals surface area contributed by atoms with Crippen LogP contribution >= 0.6 is 11.8 Å². The third-order valence-electron chi connectivity index (χ3n) is 6.44. The Morgan fingerprint density at radius 1 is 1.13 bits per heavy atom. The molecule has 1 heterocycles. The summed E-state index contributed by atoms with van der Waals surface area (Å²) in [7, 11) is 0. The summed E-state index contributed by atoms with van der Waals surface area (Å²) in [5.41, 5.74) is 0.113. The van der Waals surface area contributed by atoms with Crippen molar-refractivity contribution in [3.05, 3.63) is 0 Å². The fourth-order valence-electron chi connectivity index (χ4n) is 6.15. The minimum atomic E-state index is 0.113. The minimum absolute atomic E-state index is 0.113. The molecule has 1 amide bonds. The molecule has 128 valence electrons. The molecule has 23 heavy (non-hydrogen) atoms. The summed E-state index contributed by atoms with van der Waals surface area (Å²) in [6, 6.07) is 0. The van der Waals surface area contributed by atoms with Gasteiger partial charge in [-0.2, -0.15) is 0 Å². The molecule has 5 rings (SSSR count). The number of hydrogen-bond donors (Lipinski definition) is 1. The van der Waals surface area contributed by atoms with Crippen molar-refractivity contribution in [2.45, 2.75) is 68.6 Å². The fourth-order valence-corrected chi connectivity index (χ4v) is 7.75. The normalized spacial score (nSPS) is 41.5. The van der Waals surface area contributed by atoms with Crippen molar-refractivity contribution in [1.82, 2.24) is 10.2 Å². The lowest BCUT2D eigenvalue weighted by atomic mass is 9.52. The first-order chi connectivity index (χ1) is 11.0. The van der Waals surface area contributed by atoms with E-state index in [9.17, 15) is 9.59 Å². The first-order valence-corrected chi connectivity index (χ1v) is 10.0. The van der Waals surface area contributed by atoms with E-state index >= 15 is 0 Å². The van der Waals surface area contributed by atoms with Gasteiger partial charge in [-0.05, 0) is 63.2 Å². The zero-order chi connectivity index (χ0) is 16.1. The molecule has 1 N–H and O–H groups in total. The lowest BCUT2D eigenvalue weighted by Crippen LogP contribution is -2.64. The van der Waals surface area contributed by atoms with Gasteiger partial charge in [0.05, 0.1) is 6.54 Å². The van der Waals surface area contributed by atoms with Crippen LogP contribution in [0.5, 0.6) is 0 Å². The number of likely N-dealkylation sites (tertiary alicyclic amines) is 1. The van der Waals surface area contributed by atoms with Crippen LogP contribution in [0.3, 0.4) is 0 Å². The van der Waals surface area contributed by atoms with Crippen LogP contribution < -0.4 is 5.32 Å². The second-order valence-electron chi connectivity index (χ2n) is 8.46. The summed E-state index contributed by atoms with van der Waals surface area (Å²) in [6.45, 7) is 4.06. The quantitative estimate of drug-likeness (QED) is 0.857. The number of hydrogen-bond acceptors (Lipinski definition) is 4. The summed E-state index contributed by atoms with van der Waals surface area (Å²) < 4.78 is 0.152. The fraction of sp³-hybridized carbons (Fsp3) is 0.889. The summed E-state index contributed by atoms with van der Waals surface area (Å²) in [5, 5.41) is 3.95. The highest BCUT2D eigenvalue weighted by atomic mass is 32.2. The van der Waals surface area contributed by atoms with Gasteiger partial charge in [-0.25, -0.2) is 0 Å². The van der Waals surface area contributed by atoms with Gasteiger partial charge < -0.3 is 10.2 Å². The molecule has 1 saturated heterocycles. The van der Waals surface area contributed by atoms with E-state index in [2.05, 4.69) is 5.32 Å². The predicted molar refractivity (Wildman–Crippen MR) is 92.2 cm³/mol. The third-order valence-corrected chi connectivity index (χ3v) is 7.64. The molecule has 2 atom stereocenters. The van der Waals surface area contributed by atoms with Crippen LogP contribution in [-0.2, 0) is 9.59 Å². The smallest absolute Gasteiger partial charge is 0.236 e. The summed E-state index contributed by atoms with van der Waals surface area (Å²) in [5.74, 6) is 1.77. The van der Waals surface area contributed by atoms with E-state index in [0.717, 1.165) is 44.2 Å². The zero-order valence-corrected chi connectivity index (χ0v) is 14.9. The van der Waals surface area contributed by atoms with Crippen molar-refractivity contribution in [2.24, 2.45) is 11.8 Å². The first-order valence-electron chi connectivity index (χ1n) is 9.20. The lowest BCUT2D eigenvalue weighted by molar-refractivity contribution is -0.130. The van der Waals surface area contributed by atoms with Gasteiger partial charge >= 0.3 is 0 Å². The number of amides is 1. The molecule has 0 spiro atoms. The third kappa shape index (κ3) is 3.07. The van der Waals surface area contributed by atoms with Crippen LogP contribution in [0.15, 0.2) is 0 Å². The van der Waals surface area contributed by atoms with Crippen LogP contribution in [0.1, 0.15) is 58.3 Å². The molecule has 4 saturated carbocycles. The van der Waals surface area contributed by atoms with Gasteiger partial charge in [-0.15, -0.1) is 0 Å². The van der Waals surface area contributed by atoms with Gasteiger partial charge in [0.2, 0.25) is 5.91 Å². The van der Waals surface area contributed by atoms with Gasteiger partial charge in [0.25, 0.3) is 0 Å². The number of rotatable bonds is 4. The molecule has 4 bridgehead atoms. The van der Waals surface area contributed by atoms with E-state index in [1.54, 1.807) is 18.7 Å². The number of nitrogens with zero attached hydrogens (tertiary/aromatic N) is 1. The molecule has 0 radical (unpaired) electrons. The number of thioether (sulfide) groups is 1. The van der Waals surface area contributed by atoms with Crippen molar-refractivity contribution in [3.8, 4) is 0 Å². The van der Waals surface area contributed by atoms with Crippen LogP contribution in [0.25, 0.3) is 0 Å². The Balaban J connectivity index is 1.45. The Kier molecular flexibility index (Phi) is 4.00. The van der Waals surface area contributed by atoms with Gasteiger partial charge in [-0.3, -0.25) is 9.59 Å². The zero-order valence-electron chi connectivity index (χ0n) is 14.1. The molecule has 0 aromatic carbocycles. The number of carbonyl (C=O) groups excluding carboxylic acids is 2. The molecule has 0 aromatic heterocycles. The Bertz CT molecular complexity index is 501. The largest absolute Gasteiger partial charge is 0.342 e. The molecular weight excluding hydrogens is 308 g/mol. The van der Waals surface area contributed by atoms with E-state index in [0.29, 0.717) is 6.54 Å². The lowest BCUT2D eigenvalue weighted by Gasteiger charge is -2.61. The second kappa shape index (κ2) is 5.76. The van der Waals surface area contributed by atoms with E-state index in [-0.39, 0.29) is 21.3 Å². The van der Waals surface area contributed by atoms with Gasteiger partial charge in [0.1, 0.15) is 0 Å². The van der Waals surface area contributed by atoms with Crippen molar-refractivity contribution >= 4 is 22.8 Å². The molecule has 0 aromatic rings. The van der Waals surface area contributed by atoms with Gasteiger partial charge in [0, 0.05) is 30.3 Å². The topological polar surface area (TPSA) is 49.4 Å². The van der Waals surface area contributed by atoms with E-state index in [1.807, 2.05) is 4.90 Å². The minimum Gasteiger partial charge on any atom is -0.342 e. The van der Waals surface area contributed by atoms with E-state index in [4.69, 9.17) is 0 Å². The van der Waals surface area contributed by atoms with Crippen molar-refractivity contribution in [3.63, 3.8) is 0 Å². The van der Waals surface area contributed by atoms with E-state index < -0.39 is 0 Å². The van der Waals surface area contributed by atoms with Crippen molar-refractivity contribution < 1.29 is 9.59 Å². The monoisotopic (exact) mass is 336 g/mol. The molecular formula is C18H28N2O2S. The van der Waals surface area contributed by atoms with Gasteiger partial charge in [-0.1, -0.05) is 11.8 Å². The molecule has 2 unspecified atom stereocenters. The average Bonchev–Trinajstić information content (AvgIpc) is 2.96. The summed E-state index contributed by atoms with van der Waals surface area (Å²) in [6.07, 6.45) is 9.54. The molecule has 5 aliphatic rings. The van der Waals surface area contributed by atoms with Crippen molar-refractivity contribution in [1.29, 1.82) is 0 Å². The predicted octanol–water partition coefficient (Wildman–Crippen LogP) is 2.57. The molecule has 1 aliphatic heterocycles. The van der Waals surface area contributed by atoms with E-state index in [1.165, 1.54) is 32.1 Å². The van der Waals surface area contributed by atoms with Crippen molar-refractivity contribution in [2.75, 3.05) is 19.6 Å². The maximum atomic E-state index is 12.4. The SMILES string of the molecule is CC(=O)SC12CC3CC(CC(NCC(=O)N4CCCC4)(C3)C1)C2. The van der Waals surface area contributed by atoms with Crippen LogP contribution in [0.4, 0.5) is 0 Å². The Morgan fingerprint density at radius 2 is 1.78 bits per heavy atom. The number of carbonyl (C=O) groups is 2. The van der Waals surface area contributed by atoms with Gasteiger partial charge in [0.15, 0.2) is 5.12 Å². The Hall–Kier alpha value is -0.550. The summed E-state index contributed by atoms with van der Waals surface area (Å²) >= 11 is 1.60. The first kappa shape index (κ1) is 15.9. The molecule has 4 nitrogen and oxygen atoms in total. The molecule has 4 aliphatic carbocycles. The molecule has 5 fully saturated rings. The average molecular weight is 337 g/mol.